The van der Waals surface area contributed by atoms with E-state index in [1.807, 2.05) is 0 Å². The topological polar surface area (TPSA) is 0 Å². The van der Waals surface area contributed by atoms with Crippen LogP contribution in [0.15, 0.2) is 30.3 Å². The standard InChI is InChI=1S/C9H7.2BrH.Zr/c1-2-5-9-7-3-6-8(9)4-1;;;/h1-7H;2*1H;/q;;;+2/p-2. The molecule has 12 heavy (non-hydrogen) atoms. The van der Waals surface area contributed by atoms with Gasteiger partial charge in [-0.15, -0.1) is 0 Å². The minimum absolute atomic E-state index is 0. The Kier molecular flexibility index (Phi) is 5.88. The van der Waals surface area contributed by atoms with Crippen molar-refractivity contribution in [1.82, 2.24) is 0 Å². The zero-order valence-electron chi connectivity index (χ0n) is 6.30. The van der Waals surface area contributed by atoms with Gasteiger partial charge in [-0.2, -0.15) is 0 Å². The van der Waals surface area contributed by atoms with E-state index in [1.54, 1.807) is 24.7 Å². The minimum atomic E-state index is 0. The van der Waals surface area contributed by atoms with E-state index >= 15 is 0 Å². The summed E-state index contributed by atoms with van der Waals surface area (Å²) in [6.45, 7) is 0. The van der Waals surface area contributed by atoms with E-state index in [9.17, 15) is 0 Å². The Labute approximate surface area is 109 Å². The van der Waals surface area contributed by atoms with Crippen LogP contribution in [-0.2, 0) is 24.7 Å². The van der Waals surface area contributed by atoms with E-state index < -0.39 is 0 Å². The Hall–Kier alpha value is 0.803. The molecular formula is C9H7Br2Zr. The summed E-state index contributed by atoms with van der Waals surface area (Å²) in [5.41, 5.74) is 2.91. The van der Waals surface area contributed by atoms with Crippen molar-refractivity contribution in [2.45, 2.75) is 3.63 Å². The second-order valence-electron chi connectivity index (χ2n) is 2.47. The van der Waals surface area contributed by atoms with Crippen molar-refractivity contribution in [3.05, 3.63) is 41.5 Å². The first-order valence-corrected chi connectivity index (χ1v) is 4.78. The molecule has 1 aromatic rings. The van der Waals surface area contributed by atoms with Crippen molar-refractivity contribution >= 4 is 6.08 Å². The normalized spacial score (nSPS) is 17.7. The third-order valence-corrected chi connectivity index (χ3v) is 3.04. The maximum atomic E-state index is 2.28. The van der Waals surface area contributed by atoms with Gasteiger partial charge in [-0.05, 0) is 0 Å². The molecule has 3 heteroatoms. The number of benzene rings is 1. The van der Waals surface area contributed by atoms with Crippen molar-refractivity contribution in [2.75, 3.05) is 0 Å². The fraction of sp³-hybridized carbons (Fsp3) is 0.111. The van der Waals surface area contributed by atoms with Gasteiger partial charge >= 0.3 is 75.9 Å². The summed E-state index contributed by atoms with van der Waals surface area (Å²) in [4.78, 5) is 0. The second kappa shape index (κ2) is 5.52. The Morgan fingerprint density at radius 2 is 1.75 bits per heavy atom. The van der Waals surface area contributed by atoms with E-state index in [0.29, 0.717) is 3.63 Å². The summed E-state index contributed by atoms with van der Waals surface area (Å²) in [5.74, 6) is 0. The molecule has 0 amide bonds. The average molecular weight is 366 g/mol. The first kappa shape index (κ1) is 12.8. The van der Waals surface area contributed by atoms with E-state index in [2.05, 4.69) is 36.4 Å². The third kappa shape index (κ3) is 2.40. The Balaban J connectivity index is 0.000000605. The Morgan fingerprint density at radius 1 is 1.08 bits per heavy atom. The molecule has 0 heterocycles. The molecule has 1 aliphatic rings. The molecule has 0 spiro atoms. The summed E-state index contributed by atoms with van der Waals surface area (Å²) in [6, 6.07) is 8.60. The molecule has 2 rings (SSSR count). The first-order valence-electron chi connectivity index (χ1n) is 3.36. The van der Waals surface area contributed by atoms with Crippen LogP contribution in [0.1, 0.15) is 14.8 Å². The van der Waals surface area contributed by atoms with Crippen LogP contribution >= 0.6 is 0 Å². The van der Waals surface area contributed by atoms with Crippen molar-refractivity contribution in [2.24, 2.45) is 0 Å². The predicted molar refractivity (Wildman–Crippen MR) is 38.2 cm³/mol. The molecule has 1 aromatic carbocycles. The molecule has 0 saturated heterocycles. The van der Waals surface area contributed by atoms with Gasteiger partial charge in [-0.3, -0.25) is 0 Å². The van der Waals surface area contributed by atoms with Crippen LogP contribution in [0.2, 0.25) is 0 Å². The van der Waals surface area contributed by atoms with Crippen LogP contribution in [0.3, 0.4) is 0 Å². The molecule has 0 N–H and O–H groups in total. The maximum absolute atomic E-state index is 2.28. The SMILES string of the molecule is [Br-].[Br-].[Zr+2][CH]1C=Cc2ccccc21. The van der Waals surface area contributed by atoms with Crippen LogP contribution in [-0.4, -0.2) is 0 Å². The van der Waals surface area contributed by atoms with Crippen molar-refractivity contribution in [3.63, 3.8) is 0 Å². The van der Waals surface area contributed by atoms with Gasteiger partial charge in [0.15, 0.2) is 0 Å². The number of hydrogen-bond donors (Lipinski definition) is 0. The second-order valence-corrected chi connectivity index (χ2v) is 3.99. The van der Waals surface area contributed by atoms with Gasteiger partial charge in [0.25, 0.3) is 0 Å². The van der Waals surface area contributed by atoms with Gasteiger partial charge in [-0.25, -0.2) is 0 Å². The quantitative estimate of drug-likeness (QED) is 0.444. The van der Waals surface area contributed by atoms with Crippen molar-refractivity contribution in [1.29, 1.82) is 0 Å². The molecule has 0 saturated carbocycles. The summed E-state index contributed by atoms with van der Waals surface area (Å²) in [7, 11) is 0. The zero-order valence-corrected chi connectivity index (χ0v) is 11.9. The van der Waals surface area contributed by atoms with E-state index in [0.717, 1.165) is 0 Å². The van der Waals surface area contributed by atoms with E-state index in [-0.39, 0.29) is 34.0 Å². The first-order chi connectivity index (χ1) is 4.88. The molecule has 1 atom stereocenters. The molecule has 1 aliphatic carbocycles. The molecule has 0 radical (unpaired) electrons. The van der Waals surface area contributed by atoms with Crippen LogP contribution in [0.4, 0.5) is 0 Å². The fourth-order valence-electron chi connectivity index (χ4n) is 1.25. The predicted octanol–water partition coefficient (Wildman–Crippen LogP) is -3.69. The van der Waals surface area contributed by atoms with E-state index in [4.69, 9.17) is 0 Å². The van der Waals surface area contributed by atoms with Crippen LogP contribution < -0.4 is 34.0 Å². The molecule has 0 aromatic heterocycles. The average Bonchev–Trinajstić information content (AvgIpc) is 2.34. The zero-order chi connectivity index (χ0) is 6.97. The van der Waals surface area contributed by atoms with Gasteiger partial charge in [0.2, 0.25) is 0 Å². The van der Waals surface area contributed by atoms with Crippen molar-refractivity contribution < 1.29 is 58.7 Å². The van der Waals surface area contributed by atoms with Gasteiger partial charge in [0.1, 0.15) is 0 Å². The third-order valence-electron chi connectivity index (χ3n) is 1.80. The monoisotopic (exact) mass is 363 g/mol. The fourth-order valence-corrected chi connectivity index (χ4v) is 2.13. The number of fused-ring (bicyclic) bond motifs is 1. The number of hydrogen-bond acceptors (Lipinski definition) is 0. The summed E-state index contributed by atoms with van der Waals surface area (Å²) in [6.07, 6.45) is 4.50. The molecule has 1 unspecified atom stereocenters. The molecule has 0 nitrogen and oxygen atoms in total. The number of rotatable bonds is 0. The molecule has 61 valence electrons. The molecule has 0 bridgehead atoms. The molecular weight excluding hydrogens is 359 g/mol. The van der Waals surface area contributed by atoms with E-state index in [1.165, 1.54) is 11.1 Å². The van der Waals surface area contributed by atoms with Crippen LogP contribution in [0.5, 0.6) is 0 Å². The van der Waals surface area contributed by atoms with Crippen LogP contribution in [0, 0.1) is 0 Å². The summed E-state index contributed by atoms with van der Waals surface area (Å²) >= 11 is 1.59. The number of halogens is 2. The molecule has 0 fully saturated rings. The van der Waals surface area contributed by atoms with Gasteiger partial charge < -0.3 is 34.0 Å². The van der Waals surface area contributed by atoms with Gasteiger partial charge in [0, 0.05) is 0 Å². The van der Waals surface area contributed by atoms with Crippen LogP contribution in [0.25, 0.3) is 6.08 Å². The summed E-state index contributed by atoms with van der Waals surface area (Å²) < 4.78 is 0.711. The summed E-state index contributed by atoms with van der Waals surface area (Å²) in [5, 5.41) is 0. The molecule has 0 aliphatic heterocycles. The number of allylic oxidation sites excluding steroid dienone is 1. The van der Waals surface area contributed by atoms with Gasteiger partial charge in [0.05, 0.1) is 0 Å². The van der Waals surface area contributed by atoms with Gasteiger partial charge in [-0.1, -0.05) is 0 Å². The van der Waals surface area contributed by atoms with Crippen molar-refractivity contribution in [3.8, 4) is 0 Å². The Morgan fingerprint density at radius 3 is 2.42 bits per heavy atom. The Bertz CT molecular complexity index is 284.